The topological polar surface area (TPSA) is 50.2 Å². The molecule has 0 saturated carbocycles. The average Bonchev–Trinajstić information content (AvgIpc) is 2.34. The van der Waals surface area contributed by atoms with Crippen molar-refractivity contribution in [2.75, 3.05) is 0 Å². The quantitative estimate of drug-likeness (QED) is 0.837. The zero-order valence-corrected chi connectivity index (χ0v) is 13.6. The first-order valence-electron chi connectivity index (χ1n) is 7.19. The SMILES string of the molecule is CC(C)(C)c1ccc2nc(C(C)(C)C)cc(C(=O)O)c2c1. The summed E-state index contributed by atoms with van der Waals surface area (Å²) in [6, 6.07) is 7.63. The number of hydrogen-bond acceptors (Lipinski definition) is 2. The van der Waals surface area contributed by atoms with E-state index in [0.29, 0.717) is 10.9 Å². The van der Waals surface area contributed by atoms with Crippen molar-refractivity contribution in [1.82, 2.24) is 4.98 Å². The predicted molar refractivity (Wildman–Crippen MR) is 86.1 cm³/mol. The van der Waals surface area contributed by atoms with Crippen molar-refractivity contribution < 1.29 is 9.90 Å². The molecule has 0 aliphatic carbocycles. The molecule has 0 atom stereocenters. The second-order valence-electron chi connectivity index (χ2n) is 7.59. The lowest BCUT2D eigenvalue weighted by Crippen LogP contribution is -2.16. The van der Waals surface area contributed by atoms with Gasteiger partial charge in [0.15, 0.2) is 0 Å². The standard InChI is InChI=1S/C18H23NO2/c1-17(2,3)11-7-8-14-12(9-11)13(16(20)21)10-15(19-14)18(4,5)6/h7-10H,1-6H3,(H,20,21). The summed E-state index contributed by atoms with van der Waals surface area (Å²) < 4.78 is 0. The van der Waals surface area contributed by atoms with Gasteiger partial charge in [-0.25, -0.2) is 4.79 Å². The number of carbonyl (C=O) groups is 1. The maximum Gasteiger partial charge on any atom is 0.336 e. The molecule has 2 aromatic rings. The van der Waals surface area contributed by atoms with Gasteiger partial charge in [0.1, 0.15) is 0 Å². The van der Waals surface area contributed by atoms with E-state index in [1.165, 1.54) is 0 Å². The molecular weight excluding hydrogens is 262 g/mol. The highest BCUT2D eigenvalue weighted by Crippen LogP contribution is 2.30. The smallest absolute Gasteiger partial charge is 0.336 e. The molecule has 1 aromatic carbocycles. The van der Waals surface area contributed by atoms with Crippen molar-refractivity contribution in [3.63, 3.8) is 0 Å². The van der Waals surface area contributed by atoms with Gasteiger partial charge in [0.2, 0.25) is 0 Å². The minimum Gasteiger partial charge on any atom is -0.478 e. The minimum absolute atomic E-state index is 0.0212. The number of fused-ring (bicyclic) bond motifs is 1. The Morgan fingerprint density at radius 1 is 1.00 bits per heavy atom. The third kappa shape index (κ3) is 3.07. The molecule has 0 aliphatic rings. The van der Waals surface area contributed by atoms with E-state index in [0.717, 1.165) is 16.8 Å². The number of nitrogens with zero attached hydrogens (tertiary/aromatic N) is 1. The number of benzene rings is 1. The van der Waals surface area contributed by atoms with Crippen LogP contribution in [0.5, 0.6) is 0 Å². The number of carboxylic acid groups (broad SMARTS) is 1. The zero-order chi connectivity index (χ0) is 16.0. The van der Waals surface area contributed by atoms with Crippen LogP contribution >= 0.6 is 0 Å². The van der Waals surface area contributed by atoms with E-state index in [-0.39, 0.29) is 10.8 Å². The normalized spacial score (nSPS) is 12.7. The Balaban J connectivity index is 2.80. The summed E-state index contributed by atoms with van der Waals surface area (Å²) >= 11 is 0. The number of rotatable bonds is 1. The Hall–Kier alpha value is -1.90. The van der Waals surface area contributed by atoms with E-state index in [2.05, 4.69) is 25.8 Å². The van der Waals surface area contributed by atoms with Gasteiger partial charge in [0.25, 0.3) is 0 Å². The molecule has 112 valence electrons. The average molecular weight is 285 g/mol. The molecule has 1 heterocycles. The van der Waals surface area contributed by atoms with Crippen LogP contribution < -0.4 is 0 Å². The van der Waals surface area contributed by atoms with Gasteiger partial charge in [0.05, 0.1) is 11.1 Å². The van der Waals surface area contributed by atoms with Crippen LogP contribution in [0.4, 0.5) is 0 Å². The molecule has 0 bridgehead atoms. The first-order valence-corrected chi connectivity index (χ1v) is 7.19. The summed E-state index contributed by atoms with van der Waals surface area (Å²) in [5, 5.41) is 10.2. The minimum atomic E-state index is -0.904. The summed E-state index contributed by atoms with van der Waals surface area (Å²) in [5.41, 5.74) is 2.79. The molecule has 0 aliphatic heterocycles. The number of hydrogen-bond donors (Lipinski definition) is 1. The molecule has 21 heavy (non-hydrogen) atoms. The molecule has 0 amide bonds. The van der Waals surface area contributed by atoms with Crippen molar-refractivity contribution in [3.05, 3.63) is 41.1 Å². The number of carboxylic acids is 1. The lowest BCUT2D eigenvalue weighted by molar-refractivity contribution is 0.0698. The Morgan fingerprint density at radius 3 is 2.10 bits per heavy atom. The van der Waals surface area contributed by atoms with Gasteiger partial charge in [-0.1, -0.05) is 47.6 Å². The van der Waals surface area contributed by atoms with Crippen LogP contribution in [-0.4, -0.2) is 16.1 Å². The summed E-state index contributed by atoms with van der Waals surface area (Å²) in [7, 11) is 0. The van der Waals surface area contributed by atoms with E-state index in [1.807, 2.05) is 39.0 Å². The van der Waals surface area contributed by atoms with Gasteiger partial charge in [0, 0.05) is 16.5 Å². The molecule has 0 unspecified atom stereocenters. The lowest BCUT2D eigenvalue weighted by atomic mass is 9.85. The van der Waals surface area contributed by atoms with Crippen molar-refractivity contribution in [1.29, 1.82) is 0 Å². The third-order valence-corrected chi connectivity index (χ3v) is 3.67. The summed E-state index contributed by atoms with van der Waals surface area (Å²) in [6.07, 6.45) is 0. The number of aromatic nitrogens is 1. The van der Waals surface area contributed by atoms with E-state index in [9.17, 15) is 9.90 Å². The van der Waals surface area contributed by atoms with Gasteiger partial charge in [-0.3, -0.25) is 4.98 Å². The largest absolute Gasteiger partial charge is 0.478 e. The van der Waals surface area contributed by atoms with E-state index >= 15 is 0 Å². The molecule has 0 saturated heterocycles. The molecule has 0 radical (unpaired) electrons. The first-order chi connectivity index (χ1) is 9.50. The van der Waals surface area contributed by atoms with Gasteiger partial charge in [-0.15, -0.1) is 0 Å². The van der Waals surface area contributed by atoms with Gasteiger partial charge >= 0.3 is 5.97 Å². The molecule has 0 spiro atoms. The number of pyridine rings is 1. The molecule has 0 fully saturated rings. The van der Waals surface area contributed by atoms with E-state index in [4.69, 9.17) is 0 Å². The fraction of sp³-hybridized carbons (Fsp3) is 0.444. The third-order valence-electron chi connectivity index (χ3n) is 3.67. The van der Waals surface area contributed by atoms with E-state index < -0.39 is 5.97 Å². The fourth-order valence-corrected chi connectivity index (χ4v) is 2.25. The van der Waals surface area contributed by atoms with Crippen molar-refractivity contribution in [2.24, 2.45) is 0 Å². The second-order valence-corrected chi connectivity index (χ2v) is 7.59. The molecule has 3 heteroatoms. The van der Waals surface area contributed by atoms with Crippen LogP contribution in [-0.2, 0) is 10.8 Å². The number of aromatic carboxylic acids is 1. The zero-order valence-electron chi connectivity index (χ0n) is 13.6. The molecule has 2 rings (SSSR count). The van der Waals surface area contributed by atoms with Gasteiger partial charge < -0.3 is 5.11 Å². The second kappa shape index (κ2) is 4.83. The summed E-state index contributed by atoms with van der Waals surface area (Å²) in [5.74, 6) is -0.904. The maximum atomic E-state index is 11.6. The van der Waals surface area contributed by atoms with Crippen molar-refractivity contribution in [3.8, 4) is 0 Å². The van der Waals surface area contributed by atoms with Crippen molar-refractivity contribution in [2.45, 2.75) is 52.4 Å². The highest BCUT2D eigenvalue weighted by atomic mass is 16.4. The Labute approximate surface area is 126 Å². The van der Waals surface area contributed by atoms with Crippen molar-refractivity contribution >= 4 is 16.9 Å². The lowest BCUT2D eigenvalue weighted by Gasteiger charge is -2.22. The Kier molecular flexibility index (Phi) is 3.56. The molecule has 1 aromatic heterocycles. The predicted octanol–water partition coefficient (Wildman–Crippen LogP) is 4.53. The van der Waals surface area contributed by atoms with Crippen LogP contribution in [0.25, 0.3) is 10.9 Å². The molecule has 3 nitrogen and oxygen atoms in total. The Morgan fingerprint density at radius 2 is 1.62 bits per heavy atom. The molecular formula is C18H23NO2. The van der Waals surface area contributed by atoms with Gasteiger partial charge in [-0.2, -0.15) is 0 Å². The molecule has 1 N–H and O–H groups in total. The first kappa shape index (κ1) is 15.5. The maximum absolute atomic E-state index is 11.6. The highest BCUT2D eigenvalue weighted by molar-refractivity contribution is 6.02. The highest BCUT2D eigenvalue weighted by Gasteiger charge is 2.22. The van der Waals surface area contributed by atoms with Gasteiger partial charge in [-0.05, 0) is 29.2 Å². The van der Waals surface area contributed by atoms with Crippen LogP contribution in [0.3, 0.4) is 0 Å². The van der Waals surface area contributed by atoms with Crippen LogP contribution in [0.15, 0.2) is 24.3 Å². The fourth-order valence-electron chi connectivity index (χ4n) is 2.25. The monoisotopic (exact) mass is 285 g/mol. The summed E-state index contributed by atoms with van der Waals surface area (Å²) in [6.45, 7) is 12.5. The van der Waals surface area contributed by atoms with Crippen LogP contribution in [0.1, 0.15) is 63.2 Å². The van der Waals surface area contributed by atoms with E-state index in [1.54, 1.807) is 6.07 Å². The Bertz CT molecular complexity index is 703. The van der Waals surface area contributed by atoms with Crippen LogP contribution in [0, 0.1) is 0 Å². The summed E-state index contributed by atoms with van der Waals surface area (Å²) in [4.78, 5) is 16.3. The van der Waals surface area contributed by atoms with Crippen LogP contribution in [0.2, 0.25) is 0 Å².